The van der Waals surface area contributed by atoms with Crippen LogP contribution in [0.1, 0.15) is 60.8 Å². The number of Topliss-reactive ketones (excluding diaryl/α,β-unsaturated/α-hetero) is 3. The summed E-state index contributed by atoms with van der Waals surface area (Å²) in [7, 11) is 0. The molecule has 2 fully saturated rings. The molecule has 2 heterocycles. The van der Waals surface area contributed by atoms with Crippen LogP contribution in [0.25, 0.3) is 0 Å². The van der Waals surface area contributed by atoms with Gasteiger partial charge < -0.3 is 55.1 Å². The van der Waals surface area contributed by atoms with Crippen LogP contribution in [0.5, 0.6) is 0 Å². The number of hydrogen-bond donors (Lipinski definition) is 8. The van der Waals surface area contributed by atoms with Gasteiger partial charge in [-0.1, -0.05) is 41.5 Å². The van der Waals surface area contributed by atoms with Crippen molar-refractivity contribution in [3.05, 3.63) is 0 Å². The van der Waals surface area contributed by atoms with Gasteiger partial charge in [-0.25, -0.2) is 0 Å². The van der Waals surface area contributed by atoms with Gasteiger partial charge >= 0.3 is 0 Å². The lowest BCUT2D eigenvalue weighted by Gasteiger charge is -2.59. The third kappa shape index (κ3) is 5.89. The van der Waals surface area contributed by atoms with Crippen molar-refractivity contribution in [1.29, 1.82) is 0 Å². The van der Waals surface area contributed by atoms with Crippen molar-refractivity contribution < 1.29 is 69.4 Å². The highest BCUT2D eigenvalue weighted by Gasteiger charge is 2.81. The van der Waals surface area contributed by atoms with E-state index in [0.29, 0.717) is 0 Å². The topological polar surface area (TPSA) is 241 Å². The normalized spacial score (nSPS) is 39.6. The minimum Gasteiger partial charge on any atom is -0.394 e. The molecule has 0 amide bonds. The number of aliphatic hydroxyl groups is 8. The second-order valence-electron chi connectivity index (χ2n) is 12.3. The molecule has 14 nitrogen and oxygen atoms in total. The molecule has 2 aliphatic heterocycles. The second-order valence-corrected chi connectivity index (χ2v) is 12.3. The fraction of sp³-hybridized carbons (Fsp3) is 0.889. The molecule has 9 atom stereocenters. The Bertz CT molecular complexity index is 954. The quantitative estimate of drug-likeness (QED) is 0.104. The Balaban J connectivity index is 3.05. The van der Waals surface area contributed by atoms with Crippen LogP contribution in [-0.4, -0.2) is 131 Å². The summed E-state index contributed by atoms with van der Waals surface area (Å²) >= 11 is 0. The van der Waals surface area contributed by atoms with E-state index in [1.165, 1.54) is 0 Å². The number of rotatable bonds is 14. The van der Waals surface area contributed by atoms with Gasteiger partial charge in [0.05, 0.1) is 13.2 Å². The first-order valence-corrected chi connectivity index (χ1v) is 13.8. The van der Waals surface area contributed by atoms with E-state index in [1.54, 1.807) is 41.5 Å². The SMILES string of the molecule is CC(C)CC(=O)[C@@]1(OC2(CO)O[C@H](CO)[C@@H](O)[C@@H]2O)O[C@H](CO)[C@@H](O)[C@@](O)(C(=O)CC(C)C)[C@]1(O)C(=O)CC(C)C. The Kier molecular flexibility index (Phi) is 11.4. The van der Waals surface area contributed by atoms with Gasteiger partial charge in [0.25, 0.3) is 5.79 Å². The molecule has 2 aliphatic rings. The standard InChI is InChI=1S/C27H46O14/c1-13(2)7-18(31)25(37)22(35)17(11-29)40-27(20(33)9-15(5)6,26(25,38)19(32)8-14(3)4)41-24(12-30)23(36)21(34)16(10-28)39-24/h13-17,21-23,28-30,34-38H,7-12H2,1-6H3/t16-,17-,21-,22-,23+,24?,25+,26-,27+/m1/s1. The first-order valence-electron chi connectivity index (χ1n) is 13.8. The molecule has 0 saturated carbocycles. The summed E-state index contributed by atoms with van der Waals surface area (Å²) in [5.74, 6) is -11.8. The van der Waals surface area contributed by atoms with Gasteiger partial charge in [0.2, 0.25) is 11.4 Å². The zero-order valence-electron chi connectivity index (χ0n) is 24.4. The van der Waals surface area contributed by atoms with Crippen LogP contribution in [0, 0.1) is 17.8 Å². The lowest BCUT2D eigenvalue weighted by molar-refractivity contribution is -0.440. The van der Waals surface area contributed by atoms with E-state index in [4.69, 9.17) is 14.2 Å². The minimum absolute atomic E-state index is 0.482. The molecule has 8 N–H and O–H groups in total. The molecule has 0 aromatic heterocycles. The predicted octanol–water partition coefficient (Wildman–Crippen LogP) is -2.44. The zero-order valence-corrected chi connectivity index (χ0v) is 24.4. The summed E-state index contributed by atoms with van der Waals surface area (Å²) in [5.41, 5.74) is -7.25. The number of carbonyl (C=O) groups excluding carboxylic acids is 3. The van der Waals surface area contributed by atoms with E-state index in [1.807, 2.05) is 0 Å². The highest BCUT2D eigenvalue weighted by Crippen LogP contribution is 2.52. The highest BCUT2D eigenvalue weighted by atomic mass is 16.8. The largest absolute Gasteiger partial charge is 0.394 e. The molecule has 0 aromatic rings. The van der Waals surface area contributed by atoms with Crippen LogP contribution in [0.2, 0.25) is 0 Å². The van der Waals surface area contributed by atoms with E-state index in [2.05, 4.69) is 0 Å². The predicted molar refractivity (Wildman–Crippen MR) is 139 cm³/mol. The molecule has 1 unspecified atom stereocenters. The maximum absolute atomic E-state index is 14.1. The van der Waals surface area contributed by atoms with Crippen LogP contribution >= 0.6 is 0 Å². The molecule has 0 radical (unpaired) electrons. The van der Waals surface area contributed by atoms with Gasteiger partial charge in [-0.2, -0.15) is 0 Å². The first-order chi connectivity index (χ1) is 18.8. The monoisotopic (exact) mass is 594 g/mol. The maximum Gasteiger partial charge on any atom is 0.272 e. The summed E-state index contributed by atoms with van der Waals surface area (Å²) in [6.07, 6.45) is -11.8. The van der Waals surface area contributed by atoms with E-state index >= 15 is 0 Å². The van der Waals surface area contributed by atoms with Crippen LogP contribution in [0.3, 0.4) is 0 Å². The third-order valence-electron chi connectivity index (χ3n) is 7.50. The van der Waals surface area contributed by atoms with Crippen molar-refractivity contribution in [2.45, 2.75) is 114 Å². The number of hydrogen-bond acceptors (Lipinski definition) is 14. The van der Waals surface area contributed by atoms with Crippen LogP contribution < -0.4 is 0 Å². The fourth-order valence-corrected chi connectivity index (χ4v) is 5.46. The Morgan fingerprint density at radius 3 is 1.59 bits per heavy atom. The summed E-state index contributed by atoms with van der Waals surface area (Å²) in [4.78, 5) is 41.9. The molecule has 2 rings (SSSR count). The number of aliphatic hydroxyl groups excluding tert-OH is 6. The van der Waals surface area contributed by atoms with Crippen molar-refractivity contribution in [2.75, 3.05) is 19.8 Å². The van der Waals surface area contributed by atoms with E-state index < -0.39 is 127 Å². The summed E-state index contributed by atoms with van der Waals surface area (Å²) in [5, 5.41) is 87.2. The van der Waals surface area contributed by atoms with E-state index in [9.17, 15) is 55.2 Å². The number of ketones is 3. The lowest BCUT2D eigenvalue weighted by atomic mass is 9.61. The molecular formula is C27H46O14. The van der Waals surface area contributed by atoms with Gasteiger partial charge in [0.15, 0.2) is 23.0 Å². The molecule has 0 bridgehead atoms. The molecule has 2 saturated heterocycles. The Hall–Kier alpha value is -1.43. The van der Waals surface area contributed by atoms with Gasteiger partial charge in [0, 0.05) is 19.3 Å². The maximum atomic E-state index is 14.1. The molecule has 41 heavy (non-hydrogen) atoms. The Labute approximate surface area is 238 Å². The van der Waals surface area contributed by atoms with Crippen LogP contribution in [-0.2, 0) is 28.6 Å². The van der Waals surface area contributed by atoms with Crippen molar-refractivity contribution in [2.24, 2.45) is 17.8 Å². The molecule has 0 aliphatic carbocycles. The smallest absolute Gasteiger partial charge is 0.272 e. The second kappa shape index (κ2) is 13.1. The Morgan fingerprint density at radius 1 is 0.707 bits per heavy atom. The minimum atomic E-state index is -3.74. The zero-order chi connectivity index (χ0) is 31.7. The molecular weight excluding hydrogens is 548 g/mol. The summed E-state index contributed by atoms with van der Waals surface area (Å²) < 4.78 is 17.0. The summed E-state index contributed by atoms with van der Waals surface area (Å²) in [6.45, 7) is 6.05. The van der Waals surface area contributed by atoms with E-state index in [-0.39, 0.29) is 0 Å². The number of carbonyl (C=O) groups is 3. The number of ether oxygens (including phenoxy) is 3. The van der Waals surface area contributed by atoms with Gasteiger partial charge in [-0.15, -0.1) is 0 Å². The molecule has 238 valence electrons. The van der Waals surface area contributed by atoms with Crippen molar-refractivity contribution >= 4 is 17.3 Å². The van der Waals surface area contributed by atoms with Gasteiger partial charge in [-0.3, -0.25) is 14.4 Å². The highest BCUT2D eigenvalue weighted by molar-refractivity contribution is 6.06. The van der Waals surface area contributed by atoms with Gasteiger partial charge in [-0.05, 0) is 17.8 Å². The summed E-state index contributed by atoms with van der Waals surface area (Å²) in [6, 6.07) is 0. The van der Waals surface area contributed by atoms with Crippen molar-refractivity contribution in [3.63, 3.8) is 0 Å². The fourth-order valence-electron chi connectivity index (χ4n) is 5.46. The first kappa shape index (κ1) is 35.8. The molecule has 0 spiro atoms. The van der Waals surface area contributed by atoms with Crippen LogP contribution in [0.15, 0.2) is 0 Å². The van der Waals surface area contributed by atoms with Gasteiger partial charge in [0.1, 0.15) is 37.1 Å². The van der Waals surface area contributed by atoms with Crippen LogP contribution in [0.4, 0.5) is 0 Å². The average Bonchev–Trinajstić information content (AvgIpc) is 3.12. The molecule has 0 aromatic carbocycles. The van der Waals surface area contributed by atoms with Crippen molar-refractivity contribution in [3.8, 4) is 0 Å². The third-order valence-corrected chi connectivity index (χ3v) is 7.50. The van der Waals surface area contributed by atoms with Crippen molar-refractivity contribution in [1.82, 2.24) is 0 Å². The molecule has 14 heteroatoms. The average molecular weight is 595 g/mol. The lowest BCUT2D eigenvalue weighted by Crippen LogP contribution is -2.87. The van der Waals surface area contributed by atoms with E-state index in [0.717, 1.165) is 0 Å². The Morgan fingerprint density at radius 2 is 1.17 bits per heavy atom.